The SMILES string of the molecule is Cc1nn(C[C@@H](F)COCC2=CCCC=C2)c(=O)n1C. The summed E-state index contributed by atoms with van der Waals surface area (Å²) in [6.45, 7) is 2.01. The molecule has 0 aromatic carbocycles. The molecular formula is C14H20FN3O2. The number of aryl methyl sites for hydroxylation is 1. The zero-order chi connectivity index (χ0) is 14.5. The lowest BCUT2D eigenvalue weighted by Gasteiger charge is -2.10. The smallest absolute Gasteiger partial charge is 0.345 e. The summed E-state index contributed by atoms with van der Waals surface area (Å²) in [5, 5.41) is 4.00. The van der Waals surface area contributed by atoms with E-state index in [1.165, 1.54) is 4.57 Å². The van der Waals surface area contributed by atoms with Crippen molar-refractivity contribution in [3.05, 3.63) is 40.1 Å². The van der Waals surface area contributed by atoms with Gasteiger partial charge in [0.15, 0.2) is 0 Å². The Balaban J connectivity index is 1.79. The van der Waals surface area contributed by atoms with Crippen molar-refractivity contribution in [2.75, 3.05) is 13.2 Å². The predicted octanol–water partition coefficient (Wildman–Crippen LogP) is 1.52. The summed E-state index contributed by atoms with van der Waals surface area (Å²) in [6.07, 6.45) is 7.01. The lowest BCUT2D eigenvalue weighted by molar-refractivity contribution is 0.0860. The number of halogens is 1. The summed E-state index contributed by atoms with van der Waals surface area (Å²) >= 11 is 0. The van der Waals surface area contributed by atoms with Crippen LogP contribution in [0.25, 0.3) is 0 Å². The third kappa shape index (κ3) is 3.66. The van der Waals surface area contributed by atoms with Crippen LogP contribution in [0, 0.1) is 6.92 Å². The van der Waals surface area contributed by atoms with E-state index in [0.29, 0.717) is 12.4 Å². The predicted molar refractivity (Wildman–Crippen MR) is 74.4 cm³/mol. The highest BCUT2D eigenvalue weighted by Crippen LogP contribution is 2.10. The molecule has 0 radical (unpaired) electrons. The maximum Gasteiger partial charge on any atom is 0.345 e. The van der Waals surface area contributed by atoms with Crippen molar-refractivity contribution >= 4 is 0 Å². The second-order valence-electron chi connectivity index (χ2n) is 4.94. The quantitative estimate of drug-likeness (QED) is 0.794. The molecular weight excluding hydrogens is 261 g/mol. The van der Waals surface area contributed by atoms with E-state index in [-0.39, 0.29) is 18.8 Å². The van der Waals surface area contributed by atoms with Crippen LogP contribution < -0.4 is 5.69 Å². The molecule has 0 bridgehead atoms. The lowest BCUT2D eigenvalue weighted by Crippen LogP contribution is -2.29. The molecule has 1 aliphatic rings. The summed E-state index contributed by atoms with van der Waals surface area (Å²) in [5.41, 5.74) is 0.775. The number of hydrogen-bond donors (Lipinski definition) is 0. The zero-order valence-corrected chi connectivity index (χ0v) is 11.9. The van der Waals surface area contributed by atoms with Gasteiger partial charge in [-0.1, -0.05) is 18.2 Å². The largest absolute Gasteiger partial charge is 0.374 e. The Labute approximate surface area is 117 Å². The van der Waals surface area contributed by atoms with Gasteiger partial charge in [-0.2, -0.15) is 5.10 Å². The van der Waals surface area contributed by atoms with E-state index < -0.39 is 6.17 Å². The Kier molecular flexibility index (Phi) is 4.89. The number of alkyl halides is 1. The molecule has 20 heavy (non-hydrogen) atoms. The van der Waals surface area contributed by atoms with E-state index in [9.17, 15) is 9.18 Å². The minimum atomic E-state index is -1.24. The Morgan fingerprint density at radius 2 is 2.30 bits per heavy atom. The average Bonchev–Trinajstić information content (AvgIpc) is 2.67. The molecule has 2 rings (SSSR count). The molecule has 0 N–H and O–H groups in total. The van der Waals surface area contributed by atoms with E-state index in [1.807, 2.05) is 6.08 Å². The van der Waals surface area contributed by atoms with Crippen LogP contribution in [0.1, 0.15) is 18.7 Å². The Morgan fingerprint density at radius 3 is 2.90 bits per heavy atom. The molecule has 6 heteroatoms. The molecule has 0 saturated carbocycles. The molecule has 1 aromatic heterocycles. The van der Waals surface area contributed by atoms with E-state index in [2.05, 4.69) is 17.3 Å². The van der Waals surface area contributed by atoms with Crippen molar-refractivity contribution in [2.45, 2.75) is 32.5 Å². The highest BCUT2D eigenvalue weighted by Gasteiger charge is 2.13. The van der Waals surface area contributed by atoms with E-state index in [0.717, 1.165) is 23.1 Å². The van der Waals surface area contributed by atoms with Gasteiger partial charge in [-0.15, -0.1) is 0 Å². The fraction of sp³-hybridized carbons (Fsp3) is 0.571. The number of nitrogens with zero attached hydrogens (tertiary/aromatic N) is 3. The molecule has 1 aromatic rings. The molecule has 0 saturated heterocycles. The van der Waals surface area contributed by atoms with Gasteiger partial charge in [0, 0.05) is 7.05 Å². The highest BCUT2D eigenvalue weighted by molar-refractivity contribution is 5.22. The average molecular weight is 281 g/mol. The van der Waals surface area contributed by atoms with Crippen LogP contribution in [0.15, 0.2) is 28.6 Å². The second kappa shape index (κ2) is 6.65. The van der Waals surface area contributed by atoms with Crippen LogP contribution in [-0.2, 0) is 18.3 Å². The highest BCUT2D eigenvalue weighted by atomic mass is 19.1. The monoisotopic (exact) mass is 281 g/mol. The number of allylic oxidation sites excluding steroid dienone is 2. The van der Waals surface area contributed by atoms with Gasteiger partial charge < -0.3 is 4.74 Å². The third-order valence-corrected chi connectivity index (χ3v) is 3.27. The molecule has 0 fully saturated rings. The van der Waals surface area contributed by atoms with Crippen LogP contribution in [0.5, 0.6) is 0 Å². The van der Waals surface area contributed by atoms with Crippen molar-refractivity contribution in [2.24, 2.45) is 7.05 Å². The van der Waals surface area contributed by atoms with Crippen LogP contribution >= 0.6 is 0 Å². The standard InChI is InChI=1S/C14H20FN3O2/c1-11-16-18(14(19)17(11)2)8-13(15)10-20-9-12-6-4-3-5-7-12/h4,6-7,13H,3,5,8-10H2,1-2H3/t13-/m1/s1. The molecule has 0 amide bonds. The first-order valence-electron chi connectivity index (χ1n) is 6.75. The second-order valence-corrected chi connectivity index (χ2v) is 4.94. The first-order chi connectivity index (χ1) is 9.58. The van der Waals surface area contributed by atoms with Gasteiger partial charge >= 0.3 is 5.69 Å². The lowest BCUT2D eigenvalue weighted by atomic mass is 10.1. The van der Waals surface area contributed by atoms with Crippen molar-refractivity contribution < 1.29 is 9.13 Å². The van der Waals surface area contributed by atoms with E-state index >= 15 is 0 Å². The summed E-state index contributed by atoms with van der Waals surface area (Å²) < 4.78 is 21.7. The minimum Gasteiger partial charge on any atom is -0.374 e. The molecule has 1 aliphatic carbocycles. The molecule has 0 unspecified atom stereocenters. The summed E-state index contributed by atoms with van der Waals surface area (Å²) in [7, 11) is 1.62. The normalized spacial score (nSPS) is 16.2. The first-order valence-corrected chi connectivity index (χ1v) is 6.75. The zero-order valence-electron chi connectivity index (χ0n) is 11.9. The van der Waals surface area contributed by atoms with E-state index in [1.54, 1.807) is 14.0 Å². The Hall–Kier alpha value is -1.69. The molecule has 0 spiro atoms. The molecule has 0 aliphatic heterocycles. The number of aromatic nitrogens is 3. The Morgan fingerprint density at radius 1 is 1.50 bits per heavy atom. The van der Waals surface area contributed by atoms with Crippen molar-refractivity contribution in [1.29, 1.82) is 0 Å². The number of hydrogen-bond acceptors (Lipinski definition) is 3. The van der Waals surface area contributed by atoms with Gasteiger partial charge in [0.2, 0.25) is 0 Å². The van der Waals surface area contributed by atoms with Gasteiger partial charge in [0.1, 0.15) is 12.0 Å². The van der Waals surface area contributed by atoms with Crippen molar-refractivity contribution in [1.82, 2.24) is 14.3 Å². The van der Waals surface area contributed by atoms with Crippen molar-refractivity contribution in [3.63, 3.8) is 0 Å². The third-order valence-electron chi connectivity index (χ3n) is 3.27. The fourth-order valence-corrected chi connectivity index (χ4v) is 2.03. The molecule has 1 heterocycles. The van der Waals surface area contributed by atoms with E-state index in [4.69, 9.17) is 4.74 Å². The first kappa shape index (κ1) is 14.7. The van der Waals surface area contributed by atoms with Crippen LogP contribution in [0.2, 0.25) is 0 Å². The van der Waals surface area contributed by atoms with Gasteiger partial charge in [-0.3, -0.25) is 4.57 Å². The molecule has 1 atom stereocenters. The van der Waals surface area contributed by atoms with Gasteiger partial charge in [0.05, 0.1) is 19.8 Å². The van der Waals surface area contributed by atoms with Crippen LogP contribution in [0.3, 0.4) is 0 Å². The molecule has 5 nitrogen and oxygen atoms in total. The topological polar surface area (TPSA) is 49.1 Å². The maximum atomic E-state index is 13.8. The summed E-state index contributed by atoms with van der Waals surface area (Å²) in [4.78, 5) is 11.7. The fourth-order valence-electron chi connectivity index (χ4n) is 2.03. The number of rotatable bonds is 6. The summed E-state index contributed by atoms with van der Waals surface area (Å²) in [5.74, 6) is 0.570. The maximum absolute atomic E-state index is 13.8. The van der Waals surface area contributed by atoms with Gasteiger partial charge in [0.25, 0.3) is 0 Å². The Bertz CT molecular complexity index is 571. The van der Waals surface area contributed by atoms with Crippen molar-refractivity contribution in [3.8, 4) is 0 Å². The van der Waals surface area contributed by atoms with Crippen LogP contribution in [-0.4, -0.2) is 33.7 Å². The van der Waals surface area contributed by atoms with Gasteiger partial charge in [-0.05, 0) is 25.3 Å². The van der Waals surface area contributed by atoms with Crippen LogP contribution in [0.4, 0.5) is 4.39 Å². The number of ether oxygens (including phenoxy) is 1. The van der Waals surface area contributed by atoms with Gasteiger partial charge in [-0.25, -0.2) is 13.9 Å². The molecule has 110 valence electrons. The minimum absolute atomic E-state index is 0.0345. The summed E-state index contributed by atoms with van der Waals surface area (Å²) in [6, 6.07) is 0.